The van der Waals surface area contributed by atoms with Crippen LogP contribution in [0.15, 0.2) is 30.0 Å². The van der Waals surface area contributed by atoms with Gasteiger partial charge in [-0.15, -0.1) is 10.2 Å². The van der Waals surface area contributed by atoms with Gasteiger partial charge in [-0.25, -0.2) is 0 Å². The second-order valence-corrected chi connectivity index (χ2v) is 7.43. The van der Waals surface area contributed by atoms with Gasteiger partial charge in [0.15, 0.2) is 18.1 Å². The van der Waals surface area contributed by atoms with Crippen LogP contribution >= 0.6 is 0 Å². The minimum Gasteiger partial charge on any atom is -0.506 e. The summed E-state index contributed by atoms with van der Waals surface area (Å²) in [5.41, 5.74) is 0.749. The lowest BCUT2D eigenvalue weighted by molar-refractivity contribution is -0.867. The highest BCUT2D eigenvalue weighted by Gasteiger charge is 2.22. The molecule has 0 aliphatic carbocycles. The van der Waals surface area contributed by atoms with E-state index in [2.05, 4.69) is 21.6 Å². The molecule has 1 unspecified atom stereocenters. The largest absolute Gasteiger partial charge is 0.506 e. The third kappa shape index (κ3) is 5.15. The number of hydrogen-bond donors (Lipinski definition) is 3. The average Bonchev–Trinajstić information content (AvgIpc) is 2.95. The van der Waals surface area contributed by atoms with E-state index < -0.39 is 0 Å². The van der Waals surface area contributed by atoms with Crippen LogP contribution in [0.4, 0.5) is 5.69 Å². The maximum atomic E-state index is 12.3. The fourth-order valence-corrected chi connectivity index (χ4v) is 3.53. The smallest absolute Gasteiger partial charge is 0.279 e. The number of benzene rings is 1. The summed E-state index contributed by atoms with van der Waals surface area (Å²) in [6, 6.07) is 9.16. The van der Waals surface area contributed by atoms with E-state index in [-0.39, 0.29) is 30.3 Å². The number of hydrogen-bond acceptors (Lipinski definition) is 6. The number of anilines is 1. The predicted molar refractivity (Wildman–Crippen MR) is 111 cm³/mol. The van der Waals surface area contributed by atoms with Crippen molar-refractivity contribution in [2.24, 2.45) is 0 Å². The minimum atomic E-state index is -0.205. The van der Waals surface area contributed by atoms with Crippen LogP contribution < -0.4 is 15.0 Å². The van der Waals surface area contributed by atoms with Crippen molar-refractivity contribution < 1.29 is 19.5 Å². The van der Waals surface area contributed by atoms with Gasteiger partial charge in [0.05, 0.1) is 14.2 Å². The first-order valence-corrected chi connectivity index (χ1v) is 10.0. The van der Waals surface area contributed by atoms with Crippen molar-refractivity contribution in [3.63, 3.8) is 0 Å². The number of nitriles is 1. The van der Waals surface area contributed by atoms with Gasteiger partial charge in [-0.2, -0.15) is 5.26 Å². The number of nitrogens with zero attached hydrogens (tertiary/aromatic N) is 4. The Labute approximate surface area is 175 Å². The summed E-state index contributed by atoms with van der Waals surface area (Å²) in [7, 11) is 3.34. The molecular formula is C21H27N6O3+. The molecule has 1 amide bonds. The molecule has 1 aliphatic rings. The summed E-state index contributed by atoms with van der Waals surface area (Å²) in [5, 5.41) is 31.4. The Kier molecular flexibility index (Phi) is 7.03. The van der Waals surface area contributed by atoms with E-state index in [1.807, 2.05) is 4.57 Å². The van der Waals surface area contributed by atoms with Gasteiger partial charge in [-0.3, -0.25) is 4.79 Å². The van der Waals surface area contributed by atoms with E-state index in [1.165, 1.54) is 0 Å². The molecule has 9 nitrogen and oxygen atoms in total. The standard InChI is InChI=1S/C21H26N6O3/c1-26(14-20(29)23-15-7-6-8-16(11-15)30-2)13-18(28)17(12-22)21-25-24-19-9-4-3-5-10-27(19)21/h6-8,11,28H,3-5,9-10,13-14H2,1-2H3,(H,23,29)/p+1/b18-17-. The number of aliphatic hydroxyl groups is 1. The van der Waals surface area contributed by atoms with E-state index in [1.54, 1.807) is 38.4 Å². The first-order valence-electron chi connectivity index (χ1n) is 10.0. The topological polar surface area (TPSA) is 118 Å². The first kappa shape index (κ1) is 21.3. The summed E-state index contributed by atoms with van der Waals surface area (Å²) >= 11 is 0. The molecule has 2 heterocycles. The van der Waals surface area contributed by atoms with Gasteiger partial charge in [0, 0.05) is 24.7 Å². The second-order valence-electron chi connectivity index (χ2n) is 7.43. The summed E-state index contributed by atoms with van der Waals surface area (Å²) in [6.07, 6.45) is 3.97. The zero-order valence-electron chi connectivity index (χ0n) is 17.3. The third-order valence-electron chi connectivity index (χ3n) is 5.02. The molecule has 3 N–H and O–H groups in total. The highest BCUT2D eigenvalue weighted by Crippen LogP contribution is 2.20. The lowest BCUT2D eigenvalue weighted by Gasteiger charge is -2.14. The maximum Gasteiger partial charge on any atom is 0.279 e. The van der Waals surface area contributed by atoms with Gasteiger partial charge in [-0.05, 0) is 25.0 Å². The lowest BCUT2D eigenvalue weighted by Crippen LogP contribution is -3.10. The van der Waals surface area contributed by atoms with Crippen molar-refractivity contribution in [2.45, 2.75) is 32.2 Å². The van der Waals surface area contributed by atoms with Crippen LogP contribution in [0.1, 0.15) is 30.9 Å². The summed E-state index contributed by atoms with van der Waals surface area (Å²) in [4.78, 5) is 13.1. The minimum absolute atomic E-state index is 0.0939. The molecule has 1 aromatic heterocycles. The number of methoxy groups -OCH3 is 1. The predicted octanol–water partition coefficient (Wildman–Crippen LogP) is 0.959. The molecule has 0 saturated heterocycles. The molecule has 3 rings (SSSR count). The monoisotopic (exact) mass is 411 g/mol. The van der Waals surface area contributed by atoms with Crippen molar-refractivity contribution in [1.82, 2.24) is 14.8 Å². The van der Waals surface area contributed by atoms with Crippen LogP contribution in [-0.2, 0) is 17.8 Å². The molecular weight excluding hydrogens is 384 g/mol. The molecule has 2 aromatic rings. The van der Waals surface area contributed by atoms with Crippen LogP contribution in [0.3, 0.4) is 0 Å². The molecule has 0 fully saturated rings. The molecule has 1 aliphatic heterocycles. The number of quaternary nitrogens is 1. The number of fused-ring (bicyclic) bond motifs is 1. The number of ether oxygens (including phenoxy) is 1. The van der Waals surface area contributed by atoms with E-state index in [4.69, 9.17) is 4.74 Å². The van der Waals surface area contributed by atoms with Gasteiger partial charge in [0.25, 0.3) is 5.91 Å². The van der Waals surface area contributed by atoms with E-state index in [0.717, 1.165) is 43.0 Å². The normalized spacial score (nSPS) is 15.2. The number of aromatic nitrogens is 3. The number of carbonyl (C=O) groups excluding carboxylic acids is 1. The number of amides is 1. The van der Waals surface area contributed by atoms with Gasteiger partial charge in [0.2, 0.25) is 0 Å². The second kappa shape index (κ2) is 9.89. The van der Waals surface area contributed by atoms with Crippen molar-refractivity contribution in [3.8, 4) is 11.8 Å². The van der Waals surface area contributed by atoms with Crippen molar-refractivity contribution in [2.75, 3.05) is 32.6 Å². The quantitative estimate of drug-likeness (QED) is 0.461. The zero-order valence-corrected chi connectivity index (χ0v) is 17.3. The third-order valence-corrected chi connectivity index (χ3v) is 5.02. The Morgan fingerprint density at radius 3 is 2.93 bits per heavy atom. The zero-order chi connectivity index (χ0) is 21.5. The molecule has 30 heavy (non-hydrogen) atoms. The van der Waals surface area contributed by atoms with Crippen molar-refractivity contribution >= 4 is 17.2 Å². The molecule has 158 valence electrons. The fourth-order valence-electron chi connectivity index (χ4n) is 3.53. The number of rotatable bonds is 7. The Hall–Kier alpha value is -3.38. The highest BCUT2D eigenvalue weighted by atomic mass is 16.5. The van der Waals surface area contributed by atoms with Gasteiger partial charge in [0.1, 0.15) is 29.8 Å². The molecule has 1 aromatic carbocycles. The van der Waals surface area contributed by atoms with Crippen molar-refractivity contribution in [3.05, 3.63) is 41.7 Å². The Morgan fingerprint density at radius 1 is 1.33 bits per heavy atom. The fraction of sp³-hybridized carbons (Fsp3) is 0.429. The SMILES string of the molecule is COc1cccc(NC(=O)C[NH+](C)C/C(O)=C(\C#N)c2nnc3n2CCCCC3)c1. The average molecular weight is 411 g/mol. The number of nitrogens with one attached hydrogen (secondary N) is 2. The Morgan fingerprint density at radius 2 is 2.17 bits per heavy atom. The van der Waals surface area contributed by atoms with E-state index in [0.29, 0.717) is 17.3 Å². The van der Waals surface area contributed by atoms with Gasteiger partial charge in [-0.1, -0.05) is 12.5 Å². The summed E-state index contributed by atoms with van der Waals surface area (Å²) < 4.78 is 7.08. The summed E-state index contributed by atoms with van der Waals surface area (Å²) in [6.45, 7) is 0.982. The first-order chi connectivity index (χ1) is 14.5. The number of aryl methyl sites for hydroxylation is 1. The van der Waals surface area contributed by atoms with Gasteiger partial charge >= 0.3 is 0 Å². The van der Waals surface area contributed by atoms with Gasteiger partial charge < -0.3 is 24.6 Å². The van der Waals surface area contributed by atoms with Crippen LogP contribution in [0.25, 0.3) is 5.57 Å². The number of carbonyl (C=O) groups is 1. The number of allylic oxidation sites excluding steroid dienone is 1. The molecule has 1 atom stereocenters. The van der Waals surface area contributed by atoms with Crippen LogP contribution in [0.5, 0.6) is 5.75 Å². The van der Waals surface area contributed by atoms with E-state index in [9.17, 15) is 15.2 Å². The summed E-state index contributed by atoms with van der Waals surface area (Å²) in [5.74, 6) is 1.61. The number of likely N-dealkylation sites (N-methyl/N-ethyl adjacent to an activating group) is 1. The van der Waals surface area contributed by atoms with Crippen LogP contribution in [0.2, 0.25) is 0 Å². The Bertz CT molecular complexity index is 975. The van der Waals surface area contributed by atoms with Crippen LogP contribution in [-0.4, -0.2) is 53.0 Å². The molecule has 0 radical (unpaired) electrons. The molecule has 0 spiro atoms. The molecule has 0 bridgehead atoms. The highest BCUT2D eigenvalue weighted by molar-refractivity contribution is 5.91. The van der Waals surface area contributed by atoms with E-state index >= 15 is 0 Å². The molecule has 9 heteroatoms. The van der Waals surface area contributed by atoms with Crippen molar-refractivity contribution in [1.29, 1.82) is 5.26 Å². The van der Waals surface area contributed by atoms with Crippen LogP contribution in [0, 0.1) is 11.3 Å². The lowest BCUT2D eigenvalue weighted by atomic mass is 10.2. The number of aliphatic hydroxyl groups excluding tert-OH is 1. The molecule has 0 saturated carbocycles. The Balaban J connectivity index is 1.66. The maximum absolute atomic E-state index is 12.3.